The van der Waals surface area contributed by atoms with Gasteiger partial charge < -0.3 is 19.9 Å². The van der Waals surface area contributed by atoms with Crippen LogP contribution in [0.5, 0.6) is 0 Å². The van der Waals surface area contributed by atoms with Gasteiger partial charge in [0, 0.05) is 30.5 Å². The van der Waals surface area contributed by atoms with Crippen LogP contribution in [0.15, 0.2) is 36.5 Å². The number of carbonyl (C=O) groups excluding carboxylic acids is 1. The first-order valence-corrected chi connectivity index (χ1v) is 8.77. The number of anilines is 4. The van der Waals surface area contributed by atoms with Gasteiger partial charge in [-0.3, -0.25) is 4.79 Å². The molecule has 6 nitrogen and oxygen atoms in total. The minimum absolute atomic E-state index is 0.339. The molecule has 5 rings (SSSR count). The molecule has 2 unspecified atom stereocenters. The maximum Gasteiger partial charge on any atom is 0.214 e. The summed E-state index contributed by atoms with van der Waals surface area (Å²) in [6.07, 6.45) is 5.64. The van der Waals surface area contributed by atoms with Gasteiger partial charge in [0.1, 0.15) is 5.82 Å². The van der Waals surface area contributed by atoms with Gasteiger partial charge in [-0.2, -0.15) is 0 Å². The van der Waals surface area contributed by atoms with Gasteiger partial charge in [-0.25, -0.2) is 4.98 Å². The topological polar surface area (TPSA) is 57.7 Å². The van der Waals surface area contributed by atoms with Crippen LogP contribution < -0.4 is 15.1 Å². The quantitative estimate of drug-likeness (QED) is 0.855. The van der Waals surface area contributed by atoms with Crippen LogP contribution in [0.3, 0.4) is 0 Å². The summed E-state index contributed by atoms with van der Waals surface area (Å²) in [5, 5.41) is 3.37. The lowest BCUT2D eigenvalue weighted by Crippen LogP contribution is -2.42. The second kappa shape index (κ2) is 5.74. The Labute approximate surface area is 146 Å². The number of ether oxygens (including phenoxy) is 1. The van der Waals surface area contributed by atoms with E-state index in [2.05, 4.69) is 27.3 Å². The highest BCUT2D eigenvalue weighted by Gasteiger charge is 2.34. The van der Waals surface area contributed by atoms with Gasteiger partial charge in [-0.1, -0.05) is 6.07 Å². The number of benzene rings is 1. The van der Waals surface area contributed by atoms with Crippen molar-refractivity contribution in [2.45, 2.75) is 31.6 Å². The Kier molecular flexibility index (Phi) is 3.38. The van der Waals surface area contributed by atoms with E-state index in [1.165, 1.54) is 0 Å². The molecule has 2 aromatic rings. The molecule has 3 aliphatic rings. The number of morpholine rings is 1. The molecule has 1 aromatic carbocycles. The first-order valence-electron chi connectivity index (χ1n) is 8.77. The predicted octanol–water partition coefficient (Wildman–Crippen LogP) is 2.67. The maximum atomic E-state index is 11.7. The Morgan fingerprint density at radius 2 is 2.04 bits per heavy atom. The average Bonchev–Trinajstić information content (AvgIpc) is 2.89. The Morgan fingerprint density at radius 3 is 2.84 bits per heavy atom. The predicted molar refractivity (Wildman–Crippen MR) is 96.3 cm³/mol. The van der Waals surface area contributed by atoms with E-state index in [4.69, 9.17) is 4.74 Å². The number of pyridine rings is 1. The molecule has 0 spiro atoms. The Bertz CT molecular complexity index is 813. The first kappa shape index (κ1) is 14.7. The smallest absolute Gasteiger partial charge is 0.214 e. The van der Waals surface area contributed by atoms with E-state index < -0.39 is 0 Å². The Morgan fingerprint density at radius 1 is 1.20 bits per heavy atom. The van der Waals surface area contributed by atoms with Crippen molar-refractivity contribution in [3.63, 3.8) is 0 Å². The molecule has 0 saturated carbocycles. The van der Waals surface area contributed by atoms with Gasteiger partial charge in [0.2, 0.25) is 6.41 Å². The van der Waals surface area contributed by atoms with Gasteiger partial charge in [0.05, 0.1) is 30.1 Å². The zero-order chi connectivity index (χ0) is 16.8. The average molecular weight is 336 g/mol. The summed E-state index contributed by atoms with van der Waals surface area (Å²) in [4.78, 5) is 20.3. The number of hydrogen-bond acceptors (Lipinski definition) is 5. The van der Waals surface area contributed by atoms with Crippen LogP contribution in [0.2, 0.25) is 0 Å². The fraction of sp³-hybridized carbons (Fsp3) is 0.368. The Balaban J connectivity index is 1.51. The minimum Gasteiger partial charge on any atom is -0.371 e. The minimum atomic E-state index is 0.339. The number of amides is 1. The lowest BCUT2D eigenvalue weighted by molar-refractivity contribution is -0.107. The third kappa shape index (κ3) is 2.53. The first-order chi connectivity index (χ1) is 12.3. The van der Waals surface area contributed by atoms with Gasteiger partial charge >= 0.3 is 0 Å². The van der Waals surface area contributed by atoms with E-state index in [1.54, 1.807) is 11.1 Å². The standard InChI is InChI=1S/C19H20N4O2/c24-12-23-9-13-2-1-7-20-19(13)21-17-6-3-14(8-18(17)23)22-10-15-4-5-16(11-22)25-15/h1-3,6-8,12,15-16H,4-5,9-11H2,(H,20,21). The molecule has 4 heterocycles. The molecule has 3 aliphatic heterocycles. The zero-order valence-electron chi connectivity index (χ0n) is 13.9. The Hall–Kier alpha value is -2.60. The van der Waals surface area contributed by atoms with Crippen molar-refractivity contribution in [3.05, 3.63) is 42.1 Å². The number of rotatable bonds is 2. The molecule has 2 saturated heterocycles. The van der Waals surface area contributed by atoms with E-state index >= 15 is 0 Å². The van der Waals surface area contributed by atoms with Crippen LogP contribution in [0.1, 0.15) is 18.4 Å². The summed E-state index contributed by atoms with van der Waals surface area (Å²) in [5.74, 6) is 0.810. The van der Waals surface area contributed by atoms with Crippen molar-refractivity contribution >= 4 is 29.3 Å². The van der Waals surface area contributed by atoms with Crippen molar-refractivity contribution in [2.24, 2.45) is 0 Å². The van der Waals surface area contributed by atoms with Gasteiger partial charge in [-0.15, -0.1) is 0 Å². The molecule has 128 valence electrons. The zero-order valence-corrected chi connectivity index (χ0v) is 13.9. The number of nitrogens with zero attached hydrogens (tertiary/aromatic N) is 3. The van der Waals surface area contributed by atoms with Gasteiger partial charge in [-0.05, 0) is 37.1 Å². The largest absolute Gasteiger partial charge is 0.371 e. The molecule has 1 N–H and O–H groups in total. The highest BCUT2D eigenvalue weighted by atomic mass is 16.5. The monoisotopic (exact) mass is 336 g/mol. The number of fused-ring (bicyclic) bond motifs is 4. The SMILES string of the molecule is O=CN1Cc2cccnc2Nc2ccc(N3CC4CCC(C3)O4)cc21. The van der Waals surface area contributed by atoms with Crippen LogP contribution in [-0.2, 0) is 16.1 Å². The summed E-state index contributed by atoms with van der Waals surface area (Å²) in [5.41, 5.74) is 3.96. The second-order valence-electron chi connectivity index (χ2n) is 6.93. The number of carbonyl (C=O) groups is 1. The number of aromatic nitrogens is 1. The van der Waals surface area contributed by atoms with Crippen LogP contribution in [0.25, 0.3) is 0 Å². The molecule has 0 aliphatic carbocycles. The van der Waals surface area contributed by atoms with Crippen molar-refractivity contribution in [2.75, 3.05) is 28.2 Å². The molecule has 25 heavy (non-hydrogen) atoms. The molecule has 1 amide bonds. The maximum absolute atomic E-state index is 11.7. The van der Waals surface area contributed by atoms with Crippen LogP contribution in [0, 0.1) is 0 Å². The molecule has 2 atom stereocenters. The van der Waals surface area contributed by atoms with E-state index in [1.807, 2.05) is 18.2 Å². The summed E-state index contributed by atoms with van der Waals surface area (Å²) in [7, 11) is 0. The van der Waals surface area contributed by atoms with Crippen molar-refractivity contribution < 1.29 is 9.53 Å². The summed E-state index contributed by atoms with van der Waals surface area (Å²) in [6.45, 7) is 2.36. The van der Waals surface area contributed by atoms with E-state index in [-0.39, 0.29) is 0 Å². The van der Waals surface area contributed by atoms with E-state index in [9.17, 15) is 4.79 Å². The van der Waals surface area contributed by atoms with Gasteiger partial charge in [0.15, 0.2) is 0 Å². The third-order valence-corrected chi connectivity index (χ3v) is 5.31. The lowest BCUT2D eigenvalue weighted by Gasteiger charge is -2.34. The lowest BCUT2D eigenvalue weighted by atomic mass is 10.2. The van der Waals surface area contributed by atoms with Crippen molar-refractivity contribution in [1.29, 1.82) is 0 Å². The van der Waals surface area contributed by atoms with Gasteiger partial charge in [0.25, 0.3) is 0 Å². The van der Waals surface area contributed by atoms with Crippen molar-refractivity contribution in [1.82, 2.24) is 4.98 Å². The summed E-state index contributed by atoms with van der Waals surface area (Å²) in [6, 6.07) is 10.2. The fourth-order valence-corrected chi connectivity index (χ4v) is 4.05. The molecule has 1 aromatic heterocycles. The van der Waals surface area contributed by atoms with Crippen LogP contribution >= 0.6 is 0 Å². The second-order valence-corrected chi connectivity index (χ2v) is 6.93. The summed E-state index contributed by atoms with van der Waals surface area (Å²) >= 11 is 0. The van der Waals surface area contributed by atoms with Crippen molar-refractivity contribution in [3.8, 4) is 0 Å². The van der Waals surface area contributed by atoms with E-state index in [0.717, 1.165) is 60.8 Å². The molecular weight excluding hydrogens is 316 g/mol. The fourth-order valence-electron chi connectivity index (χ4n) is 4.05. The highest BCUT2D eigenvalue weighted by Crippen LogP contribution is 2.38. The number of nitrogens with one attached hydrogen (secondary N) is 1. The highest BCUT2D eigenvalue weighted by molar-refractivity contribution is 5.89. The van der Waals surface area contributed by atoms with Crippen LogP contribution in [0.4, 0.5) is 22.9 Å². The molecular formula is C19H20N4O2. The normalized spacial score (nSPS) is 24.2. The van der Waals surface area contributed by atoms with Crippen LogP contribution in [-0.4, -0.2) is 36.7 Å². The molecule has 2 fully saturated rings. The molecule has 2 bridgehead atoms. The van der Waals surface area contributed by atoms with E-state index in [0.29, 0.717) is 18.8 Å². The summed E-state index contributed by atoms with van der Waals surface area (Å²) < 4.78 is 5.94. The molecule has 6 heteroatoms. The third-order valence-electron chi connectivity index (χ3n) is 5.31. The molecule has 0 radical (unpaired) electrons. The number of hydrogen-bond donors (Lipinski definition) is 1.